The Morgan fingerprint density at radius 1 is 1.27 bits per heavy atom. The highest BCUT2D eigenvalue weighted by Gasteiger charge is 2.39. The van der Waals surface area contributed by atoms with Gasteiger partial charge in [-0.25, -0.2) is 0 Å². The molecule has 7 heteroatoms. The maximum absolute atomic E-state index is 12.8. The Hall–Kier alpha value is -2.65. The number of rotatable bonds is 3. The number of nitrogens with two attached hydrogens (primary N) is 1. The average Bonchev–Trinajstić information content (AvgIpc) is 2.64. The number of nitriles is 1. The lowest BCUT2D eigenvalue weighted by molar-refractivity contribution is -0.116. The van der Waals surface area contributed by atoms with E-state index in [0.717, 1.165) is 18.5 Å². The Kier molecular flexibility index (Phi) is 4.84. The number of nitrogens with zero attached hydrogens (tertiary/aromatic N) is 2. The van der Waals surface area contributed by atoms with Gasteiger partial charge in [-0.2, -0.15) is 5.26 Å². The molecule has 0 fully saturated rings. The van der Waals surface area contributed by atoms with Crippen molar-refractivity contribution < 1.29 is 14.3 Å². The molecule has 136 valence electrons. The van der Waals surface area contributed by atoms with Crippen molar-refractivity contribution >= 4 is 17.4 Å². The molecule has 0 radical (unpaired) electrons. The van der Waals surface area contributed by atoms with Crippen LogP contribution in [-0.4, -0.2) is 32.0 Å². The van der Waals surface area contributed by atoms with Gasteiger partial charge >= 0.3 is 0 Å². The number of carbonyl (C=O) groups is 1. The van der Waals surface area contributed by atoms with E-state index in [1.165, 1.54) is 14.2 Å². The van der Waals surface area contributed by atoms with E-state index in [0.29, 0.717) is 45.5 Å². The van der Waals surface area contributed by atoms with Gasteiger partial charge in [0.2, 0.25) is 0 Å². The molecule has 0 aromatic heterocycles. The molecule has 0 bridgehead atoms. The van der Waals surface area contributed by atoms with E-state index in [2.05, 4.69) is 6.07 Å². The first-order chi connectivity index (χ1) is 12.4. The van der Waals surface area contributed by atoms with Crippen LogP contribution in [0.1, 0.15) is 30.7 Å². The van der Waals surface area contributed by atoms with Crippen molar-refractivity contribution in [1.82, 2.24) is 4.90 Å². The molecular formula is C19H20ClN3O3. The number of Topliss-reactive ketones (excluding diaryl/α,β-unsaturated/α-hetero) is 1. The number of hydrogen-bond acceptors (Lipinski definition) is 6. The average molecular weight is 374 g/mol. The third-order valence-corrected chi connectivity index (χ3v) is 5.31. The second kappa shape index (κ2) is 6.93. The zero-order valence-electron chi connectivity index (χ0n) is 14.9. The molecule has 2 aliphatic rings. The number of ether oxygens (including phenoxy) is 2. The van der Waals surface area contributed by atoms with E-state index >= 15 is 0 Å². The molecule has 0 amide bonds. The minimum atomic E-state index is -0.605. The Labute approximate surface area is 157 Å². The van der Waals surface area contributed by atoms with Crippen LogP contribution >= 0.6 is 11.6 Å². The maximum atomic E-state index is 12.8. The number of methoxy groups -OCH3 is 2. The highest BCUT2D eigenvalue weighted by Crippen LogP contribution is 2.47. The van der Waals surface area contributed by atoms with Crippen LogP contribution in [-0.2, 0) is 4.79 Å². The van der Waals surface area contributed by atoms with Gasteiger partial charge in [-0.05, 0) is 24.5 Å². The summed E-state index contributed by atoms with van der Waals surface area (Å²) >= 11 is 6.50. The van der Waals surface area contributed by atoms with Crippen molar-refractivity contribution in [2.75, 3.05) is 21.3 Å². The second-order valence-corrected chi connectivity index (χ2v) is 6.68. The molecule has 0 unspecified atom stereocenters. The van der Waals surface area contributed by atoms with Crippen molar-refractivity contribution in [3.05, 3.63) is 45.4 Å². The quantitative estimate of drug-likeness (QED) is 0.875. The van der Waals surface area contributed by atoms with Crippen LogP contribution in [0.2, 0.25) is 5.02 Å². The number of allylic oxidation sites excluding steroid dienone is 3. The standard InChI is InChI=1S/C19H20ClN3O3/c1-23-13-5-4-6-14(24)18(13)17(11(9-21)19(23)22)10-7-15(25-2)16(26-3)8-12(10)20/h7-8,17H,4-6,22H2,1-3H3/t17-/m0/s1. The predicted octanol–water partition coefficient (Wildman–Crippen LogP) is 3.09. The summed E-state index contributed by atoms with van der Waals surface area (Å²) in [6.45, 7) is 0. The van der Waals surface area contributed by atoms with Gasteiger partial charge in [-0.3, -0.25) is 4.79 Å². The van der Waals surface area contributed by atoms with Gasteiger partial charge in [-0.15, -0.1) is 0 Å². The van der Waals surface area contributed by atoms with E-state index < -0.39 is 5.92 Å². The summed E-state index contributed by atoms with van der Waals surface area (Å²) < 4.78 is 10.7. The topological polar surface area (TPSA) is 88.6 Å². The first-order valence-electron chi connectivity index (χ1n) is 8.25. The number of benzene rings is 1. The highest BCUT2D eigenvalue weighted by atomic mass is 35.5. The lowest BCUT2D eigenvalue weighted by Crippen LogP contribution is -2.36. The van der Waals surface area contributed by atoms with Crippen LogP contribution in [0.4, 0.5) is 0 Å². The van der Waals surface area contributed by atoms with Gasteiger partial charge in [0.1, 0.15) is 5.82 Å². The molecular weight excluding hydrogens is 354 g/mol. The van der Waals surface area contributed by atoms with Gasteiger partial charge in [0, 0.05) is 35.8 Å². The van der Waals surface area contributed by atoms with E-state index in [4.69, 9.17) is 26.8 Å². The molecule has 1 aromatic rings. The third-order valence-electron chi connectivity index (χ3n) is 4.98. The molecule has 26 heavy (non-hydrogen) atoms. The van der Waals surface area contributed by atoms with Crippen molar-refractivity contribution in [2.45, 2.75) is 25.2 Å². The minimum absolute atomic E-state index is 0.0224. The summed E-state index contributed by atoms with van der Waals surface area (Å²) in [7, 11) is 4.83. The summed E-state index contributed by atoms with van der Waals surface area (Å²) in [6, 6.07) is 5.52. The summed E-state index contributed by atoms with van der Waals surface area (Å²) in [4.78, 5) is 14.5. The van der Waals surface area contributed by atoms with Crippen LogP contribution in [0, 0.1) is 11.3 Å². The fourth-order valence-electron chi connectivity index (χ4n) is 3.66. The largest absolute Gasteiger partial charge is 0.493 e. The first kappa shape index (κ1) is 18.2. The van der Waals surface area contributed by atoms with Crippen molar-refractivity contribution in [3.8, 4) is 17.6 Å². The number of halogens is 1. The number of carbonyl (C=O) groups excluding carboxylic acids is 1. The van der Waals surface area contributed by atoms with Gasteiger partial charge in [0.15, 0.2) is 17.3 Å². The summed E-state index contributed by atoms with van der Waals surface area (Å²) in [5.74, 6) is 0.721. The summed E-state index contributed by atoms with van der Waals surface area (Å²) in [6.07, 6.45) is 1.95. The highest BCUT2D eigenvalue weighted by molar-refractivity contribution is 6.31. The van der Waals surface area contributed by atoms with Crippen LogP contribution < -0.4 is 15.2 Å². The Bertz CT molecular complexity index is 883. The fraction of sp³-hybridized carbons (Fsp3) is 0.368. The fourth-order valence-corrected chi connectivity index (χ4v) is 3.93. The molecule has 1 atom stereocenters. The molecule has 6 nitrogen and oxygen atoms in total. The molecule has 2 N–H and O–H groups in total. The van der Waals surface area contributed by atoms with Gasteiger partial charge in [-0.1, -0.05) is 11.6 Å². The normalized spacial score (nSPS) is 20.0. The van der Waals surface area contributed by atoms with Crippen molar-refractivity contribution in [3.63, 3.8) is 0 Å². The molecule has 1 heterocycles. The Morgan fingerprint density at radius 3 is 2.54 bits per heavy atom. The van der Waals surface area contributed by atoms with Crippen LogP contribution in [0.3, 0.4) is 0 Å². The van der Waals surface area contributed by atoms with E-state index in [-0.39, 0.29) is 5.78 Å². The smallest absolute Gasteiger partial charge is 0.162 e. The molecule has 0 spiro atoms. The predicted molar refractivity (Wildman–Crippen MR) is 97.8 cm³/mol. The third kappa shape index (κ3) is 2.69. The maximum Gasteiger partial charge on any atom is 0.162 e. The molecule has 1 aromatic carbocycles. The lowest BCUT2D eigenvalue weighted by atomic mass is 9.75. The van der Waals surface area contributed by atoms with Gasteiger partial charge < -0.3 is 20.1 Å². The van der Waals surface area contributed by atoms with Gasteiger partial charge in [0.05, 0.1) is 31.8 Å². The van der Waals surface area contributed by atoms with Crippen LogP contribution in [0.15, 0.2) is 34.8 Å². The van der Waals surface area contributed by atoms with Gasteiger partial charge in [0.25, 0.3) is 0 Å². The molecule has 0 saturated heterocycles. The van der Waals surface area contributed by atoms with E-state index in [9.17, 15) is 10.1 Å². The van der Waals surface area contributed by atoms with Crippen LogP contribution in [0.5, 0.6) is 11.5 Å². The second-order valence-electron chi connectivity index (χ2n) is 6.27. The van der Waals surface area contributed by atoms with Crippen molar-refractivity contribution in [1.29, 1.82) is 5.26 Å². The SMILES string of the molecule is COc1cc(Cl)c([C@H]2C(C#N)=C(N)N(C)C3=C2C(=O)CCC3)cc1OC. The summed E-state index contributed by atoms with van der Waals surface area (Å²) in [5.41, 5.74) is 8.61. The Morgan fingerprint density at radius 2 is 1.92 bits per heavy atom. The number of hydrogen-bond donors (Lipinski definition) is 1. The molecule has 1 aliphatic heterocycles. The monoisotopic (exact) mass is 373 g/mol. The first-order valence-corrected chi connectivity index (χ1v) is 8.63. The zero-order chi connectivity index (χ0) is 19.0. The Balaban J connectivity index is 2.28. The number of ketones is 1. The van der Waals surface area contributed by atoms with Crippen molar-refractivity contribution in [2.24, 2.45) is 5.73 Å². The van der Waals surface area contributed by atoms with E-state index in [1.54, 1.807) is 24.1 Å². The molecule has 3 rings (SSSR count). The minimum Gasteiger partial charge on any atom is -0.493 e. The van der Waals surface area contributed by atoms with Crippen LogP contribution in [0.25, 0.3) is 0 Å². The van der Waals surface area contributed by atoms with E-state index in [1.807, 2.05) is 0 Å². The zero-order valence-corrected chi connectivity index (χ0v) is 15.7. The molecule has 1 aliphatic carbocycles. The molecule has 0 saturated carbocycles. The summed E-state index contributed by atoms with van der Waals surface area (Å²) in [5, 5.41) is 10.1. The lowest BCUT2D eigenvalue weighted by Gasteiger charge is -2.38.